The van der Waals surface area contributed by atoms with Crippen molar-refractivity contribution in [2.24, 2.45) is 5.73 Å². The van der Waals surface area contributed by atoms with E-state index in [-0.39, 0.29) is 11.4 Å². The highest BCUT2D eigenvalue weighted by Gasteiger charge is 2.31. The van der Waals surface area contributed by atoms with Gasteiger partial charge in [0.15, 0.2) is 0 Å². The first-order valence-corrected chi connectivity index (χ1v) is 7.42. The maximum absolute atomic E-state index is 12.1. The van der Waals surface area contributed by atoms with Crippen LogP contribution in [0.2, 0.25) is 0 Å². The fourth-order valence-corrected chi connectivity index (χ4v) is 2.69. The predicted octanol–water partition coefficient (Wildman–Crippen LogP) is 2.31. The number of carbonyl (C=O) groups is 1. The minimum atomic E-state index is -0.323. The Morgan fingerprint density at radius 3 is 2.81 bits per heavy atom. The van der Waals surface area contributed by atoms with E-state index in [0.717, 1.165) is 31.4 Å². The number of benzene rings is 1. The van der Waals surface area contributed by atoms with E-state index in [0.29, 0.717) is 25.4 Å². The second-order valence-electron chi connectivity index (χ2n) is 5.66. The van der Waals surface area contributed by atoms with Gasteiger partial charge in [-0.05, 0) is 25.0 Å². The fraction of sp³-hybridized carbons (Fsp3) is 0.562. The number of nitrogens with two attached hydrogens (primary N) is 1. The summed E-state index contributed by atoms with van der Waals surface area (Å²) < 4.78 is 10.5. The number of ether oxygens (including phenoxy) is 2. The van der Waals surface area contributed by atoms with Crippen LogP contribution in [0.4, 0.5) is 5.69 Å². The summed E-state index contributed by atoms with van der Waals surface area (Å²) in [4.78, 5) is 12.1. The minimum absolute atomic E-state index is 0.0339. The van der Waals surface area contributed by atoms with Crippen LogP contribution in [0, 0.1) is 0 Å². The van der Waals surface area contributed by atoms with E-state index in [4.69, 9.17) is 15.2 Å². The summed E-state index contributed by atoms with van der Waals surface area (Å²) in [5.41, 5.74) is 6.64. The number of nitrogens with one attached hydrogen (secondary N) is 1. The van der Waals surface area contributed by atoms with Crippen LogP contribution >= 0.6 is 0 Å². The summed E-state index contributed by atoms with van der Waals surface area (Å²) in [6.07, 6.45) is 4.47. The van der Waals surface area contributed by atoms with Crippen molar-refractivity contribution in [3.8, 4) is 5.75 Å². The highest BCUT2D eigenvalue weighted by Crippen LogP contribution is 2.30. The van der Waals surface area contributed by atoms with Crippen LogP contribution in [0.3, 0.4) is 0 Å². The number of hydrogen-bond acceptors (Lipinski definition) is 4. The molecule has 1 aliphatic rings. The maximum Gasteiger partial charge on any atom is 0.226 e. The van der Waals surface area contributed by atoms with Gasteiger partial charge in [0.2, 0.25) is 5.91 Å². The Morgan fingerprint density at radius 2 is 2.10 bits per heavy atom. The number of amides is 1. The lowest BCUT2D eigenvalue weighted by atomic mass is 9.94. The van der Waals surface area contributed by atoms with Crippen molar-refractivity contribution in [1.29, 1.82) is 0 Å². The predicted molar refractivity (Wildman–Crippen MR) is 82.4 cm³/mol. The molecule has 2 rings (SSSR count). The second kappa shape index (κ2) is 7.43. The minimum Gasteiger partial charge on any atom is -0.491 e. The quantitative estimate of drug-likeness (QED) is 0.756. The summed E-state index contributed by atoms with van der Waals surface area (Å²) in [6, 6.07) is 7.36. The van der Waals surface area contributed by atoms with Crippen LogP contribution in [0.25, 0.3) is 0 Å². The Balaban J connectivity index is 1.86. The molecule has 0 heterocycles. The monoisotopic (exact) mass is 292 g/mol. The molecule has 0 radical (unpaired) electrons. The number of carbonyl (C=O) groups excluding carboxylic acids is 1. The Hall–Kier alpha value is -1.59. The van der Waals surface area contributed by atoms with E-state index in [1.54, 1.807) is 7.11 Å². The van der Waals surface area contributed by atoms with E-state index in [9.17, 15) is 4.79 Å². The highest BCUT2D eigenvalue weighted by atomic mass is 16.5. The maximum atomic E-state index is 12.1. The van der Waals surface area contributed by atoms with Gasteiger partial charge in [-0.2, -0.15) is 0 Å². The zero-order valence-electron chi connectivity index (χ0n) is 12.6. The largest absolute Gasteiger partial charge is 0.491 e. The highest BCUT2D eigenvalue weighted by molar-refractivity contribution is 5.91. The van der Waals surface area contributed by atoms with Crippen LogP contribution in [0.15, 0.2) is 24.3 Å². The zero-order valence-corrected chi connectivity index (χ0v) is 12.6. The standard InChI is InChI=1S/C16H24N2O3/c1-20-9-10-21-14-6-4-5-13(11-14)18-15(19)12-16(17)7-2-3-8-16/h4-6,11H,2-3,7-10,12,17H2,1H3,(H,18,19). The van der Waals surface area contributed by atoms with Crippen LogP contribution < -0.4 is 15.8 Å². The SMILES string of the molecule is COCCOc1cccc(NC(=O)CC2(N)CCCC2)c1. The van der Waals surface area contributed by atoms with Gasteiger partial charge in [0.25, 0.3) is 0 Å². The van der Waals surface area contributed by atoms with Gasteiger partial charge < -0.3 is 20.5 Å². The molecule has 21 heavy (non-hydrogen) atoms. The summed E-state index contributed by atoms with van der Waals surface area (Å²) in [5, 5.41) is 2.89. The molecular formula is C16H24N2O3. The molecule has 1 saturated carbocycles. The van der Waals surface area contributed by atoms with Crippen LogP contribution in [0.1, 0.15) is 32.1 Å². The van der Waals surface area contributed by atoms with E-state index in [1.165, 1.54) is 0 Å². The van der Waals surface area contributed by atoms with Gasteiger partial charge >= 0.3 is 0 Å². The van der Waals surface area contributed by atoms with Gasteiger partial charge in [-0.3, -0.25) is 4.79 Å². The molecule has 3 N–H and O–H groups in total. The zero-order chi connectivity index (χ0) is 15.1. The fourth-order valence-electron chi connectivity index (χ4n) is 2.69. The van der Waals surface area contributed by atoms with E-state index in [2.05, 4.69) is 5.32 Å². The Labute approximate surface area is 125 Å². The van der Waals surface area contributed by atoms with Crippen LogP contribution in [-0.4, -0.2) is 31.8 Å². The van der Waals surface area contributed by atoms with E-state index < -0.39 is 0 Å². The van der Waals surface area contributed by atoms with E-state index in [1.807, 2.05) is 24.3 Å². The lowest BCUT2D eigenvalue weighted by Crippen LogP contribution is -2.40. The van der Waals surface area contributed by atoms with Crippen LogP contribution in [0.5, 0.6) is 5.75 Å². The van der Waals surface area contributed by atoms with Crippen molar-refractivity contribution in [2.75, 3.05) is 25.6 Å². The Morgan fingerprint density at radius 1 is 1.33 bits per heavy atom. The number of hydrogen-bond donors (Lipinski definition) is 2. The van der Waals surface area contributed by atoms with Crippen molar-refractivity contribution in [3.05, 3.63) is 24.3 Å². The van der Waals surface area contributed by atoms with Gasteiger partial charge in [0, 0.05) is 30.8 Å². The van der Waals surface area contributed by atoms with Gasteiger partial charge in [-0.1, -0.05) is 18.9 Å². The summed E-state index contributed by atoms with van der Waals surface area (Å²) in [7, 11) is 1.63. The molecule has 5 heteroatoms. The molecule has 1 aromatic rings. The van der Waals surface area contributed by atoms with Crippen molar-refractivity contribution in [1.82, 2.24) is 0 Å². The van der Waals surface area contributed by atoms with Gasteiger partial charge in [-0.25, -0.2) is 0 Å². The summed E-state index contributed by atoms with van der Waals surface area (Å²) in [5.74, 6) is 0.682. The molecule has 116 valence electrons. The van der Waals surface area contributed by atoms with Crippen LogP contribution in [-0.2, 0) is 9.53 Å². The molecule has 1 aliphatic carbocycles. The van der Waals surface area contributed by atoms with Crippen molar-refractivity contribution in [3.63, 3.8) is 0 Å². The molecule has 1 fully saturated rings. The lowest BCUT2D eigenvalue weighted by molar-refractivity contribution is -0.117. The third-order valence-electron chi connectivity index (χ3n) is 3.79. The average molecular weight is 292 g/mol. The smallest absolute Gasteiger partial charge is 0.226 e. The Kier molecular flexibility index (Phi) is 5.59. The first kappa shape index (κ1) is 15.8. The molecule has 0 spiro atoms. The lowest BCUT2D eigenvalue weighted by Gasteiger charge is -2.22. The van der Waals surface area contributed by atoms with Gasteiger partial charge in [-0.15, -0.1) is 0 Å². The number of methoxy groups -OCH3 is 1. The average Bonchev–Trinajstić information content (AvgIpc) is 2.85. The summed E-state index contributed by atoms with van der Waals surface area (Å²) in [6.45, 7) is 1.02. The van der Waals surface area contributed by atoms with Crippen molar-refractivity contribution in [2.45, 2.75) is 37.6 Å². The van der Waals surface area contributed by atoms with Gasteiger partial charge in [0.1, 0.15) is 12.4 Å². The topological polar surface area (TPSA) is 73.6 Å². The third-order valence-corrected chi connectivity index (χ3v) is 3.79. The first-order valence-electron chi connectivity index (χ1n) is 7.42. The third kappa shape index (κ3) is 5.02. The molecule has 0 bridgehead atoms. The molecule has 0 atom stereocenters. The molecule has 0 aliphatic heterocycles. The Bertz CT molecular complexity index is 470. The normalized spacial score (nSPS) is 16.7. The van der Waals surface area contributed by atoms with Crippen molar-refractivity contribution < 1.29 is 14.3 Å². The van der Waals surface area contributed by atoms with Crippen molar-refractivity contribution >= 4 is 11.6 Å². The molecule has 0 unspecified atom stereocenters. The number of anilines is 1. The molecule has 5 nitrogen and oxygen atoms in total. The van der Waals surface area contributed by atoms with E-state index >= 15 is 0 Å². The molecular weight excluding hydrogens is 268 g/mol. The molecule has 0 saturated heterocycles. The molecule has 1 amide bonds. The second-order valence-corrected chi connectivity index (χ2v) is 5.66. The van der Waals surface area contributed by atoms with Gasteiger partial charge in [0.05, 0.1) is 6.61 Å². The first-order chi connectivity index (χ1) is 10.1. The molecule has 0 aromatic heterocycles. The summed E-state index contributed by atoms with van der Waals surface area (Å²) >= 11 is 0. The molecule has 1 aromatic carbocycles. The number of rotatable bonds is 7.